The molecule has 13 heteroatoms. The molecule has 2 unspecified atom stereocenters. The van der Waals surface area contributed by atoms with Crippen molar-refractivity contribution in [3.05, 3.63) is 107 Å². The summed E-state index contributed by atoms with van der Waals surface area (Å²) >= 11 is 0. The minimum Gasteiger partial charge on any atom is -0.366 e. The number of halogens is 6. The highest BCUT2D eigenvalue weighted by Crippen LogP contribution is 2.32. The van der Waals surface area contributed by atoms with Crippen molar-refractivity contribution >= 4 is 11.8 Å². The molecule has 0 fully saturated rings. The molecule has 0 bridgehead atoms. The fourth-order valence-corrected chi connectivity index (χ4v) is 4.63. The maximum atomic E-state index is 14.2. The average molecular weight is 590 g/mol. The van der Waals surface area contributed by atoms with Crippen molar-refractivity contribution in [1.82, 2.24) is 20.1 Å². The Labute approximate surface area is 236 Å². The molecule has 7 nitrogen and oxygen atoms in total. The van der Waals surface area contributed by atoms with Crippen LogP contribution in [0.3, 0.4) is 0 Å². The smallest absolute Gasteiger partial charge is 0.366 e. The molecule has 0 saturated heterocycles. The second kappa shape index (κ2) is 12.0. The zero-order valence-electron chi connectivity index (χ0n) is 22.3. The molecular formula is C29H25F6N5O2. The normalized spacial score (nSPS) is 13.2. The van der Waals surface area contributed by atoms with Crippen LogP contribution in [0.1, 0.15) is 53.2 Å². The standard InChI is InChI=1S/C29H25F6N5O2/c1-15(2)26(40-9-7-24(39-40)29(33,34)35)28(42)38-23(12-16-10-18(30)14-19(31)11-16)25-20(4-3-8-37-25)17-5-6-22(32)21(13-17)27(36)41/h3-11,13-15,23,26H,12H2,1-2H3,(H2,36,41)(H,38,42). The third kappa shape index (κ3) is 6.78. The summed E-state index contributed by atoms with van der Waals surface area (Å²) in [7, 11) is 0. The van der Waals surface area contributed by atoms with E-state index in [1.807, 2.05) is 0 Å². The molecule has 2 heterocycles. The van der Waals surface area contributed by atoms with Gasteiger partial charge in [-0.2, -0.15) is 18.3 Å². The van der Waals surface area contributed by atoms with E-state index in [1.165, 1.54) is 18.3 Å². The Morgan fingerprint density at radius 3 is 2.29 bits per heavy atom. The van der Waals surface area contributed by atoms with E-state index in [4.69, 9.17) is 5.73 Å². The first kappa shape index (κ1) is 30.3. The van der Waals surface area contributed by atoms with Crippen molar-refractivity contribution in [3.8, 4) is 11.1 Å². The van der Waals surface area contributed by atoms with E-state index in [1.54, 1.807) is 26.0 Å². The summed E-state index contributed by atoms with van der Waals surface area (Å²) in [4.78, 5) is 29.8. The molecule has 0 aliphatic heterocycles. The molecular weight excluding hydrogens is 564 g/mol. The molecule has 4 aromatic rings. The summed E-state index contributed by atoms with van der Waals surface area (Å²) < 4.78 is 82.9. The summed E-state index contributed by atoms with van der Waals surface area (Å²) in [6.45, 7) is 3.23. The first-order valence-electron chi connectivity index (χ1n) is 12.7. The van der Waals surface area contributed by atoms with Gasteiger partial charge < -0.3 is 11.1 Å². The molecule has 220 valence electrons. The number of rotatable bonds is 9. The average Bonchev–Trinajstić information content (AvgIpc) is 3.38. The largest absolute Gasteiger partial charge is 0.435 e. The lowest BCUT2D eigenvalue weighted by molar-refractivity contribution is -0.142. The van der Waals surface area contributed by atoms with Crippen molar-refractivity contribution in [1.29, 1.82) is 0 Å². The molecule has 0 saturated carbocycles. The molecule has 0 radical (unpaired) electrons. The lowest BCUT2D eigenvalue weighted by Crippen LogP contribution is -2.39. The molecule has 0 aliphatic rings. The summed E-state index contributed by atoms with van der Waals surface area (Å²) in [5.41, 5.74) is 4.69. The molecule has 2 aromatic carbocycles. The fraction of sp³-hybridized carbons (Fsp3) is 0.241. The van der Waals surface area contributed by atoms with E-state index in [0.29, 0.717) is 17.2 Å². The summed E-state index contributed by atoms with van der Waals surface area (Å²) in [6.07, 6.45) is -2.48. The van der Waals surface area contributed by atoms with Crippen LogP contribution >= 0.6 is 0 Å². The topological polar surface area (TPSA) is 103 Å². The summed E-state index contributed by atoms with van der Waals surface area (Å²) in [5, 5.41) is 6.30. The second-order valence-corrected chi connectivity index (χ2v) is 9.91. The number of carbonyl (C=O) groups excluding carboxylic acids is 2. The monoisotopic (exact) mass is 589 g/mol. The number of nitrogens with one attached hydrogen (secondary N) is 1. The van der Waals surface area contributed by atoms with Gasteiger partial charge in [0.2, 0.25) is 5.91 Å². The van der Waals surface area contributed by atoms with Crippen LogP contribution in [0, 0.1) is 23.4 Å². The van der Waals surface area contributed by atoms with Crippen molar-refractivity contribution in [2.24, 2.45) is 11.7 Å². The predicted octanol–water partition coefficient (Wildman–Crippen LogP) is 5.78. The van der Waals surface area contributed by atoms with E-state index < -0.39 is 64.7 Å². The van der Waals surface area contributed by atoms with Crippen LogP contribution < -0.4 is 11.1 Å². The Kier molecular flexibility index (Phi) is 8.69. The first-order chi connectivity index (χ1) is 19.7. The fourth-order valence-electron chi connectivity index (χ4n) is 4.63. The molecule has 2 aromatic heterocycles. The van der Waals surface area contributed by atoms with Crippen molar-refractivity contribution < 1.29 is 35.9 Å². The number of amides is 2. The molecule has 2 amide bonds. The number of alkyl halides is 3. The van der Waals surface area contributed by atoms with Gasteiger partial charge in [0.05, 0.1) is 17.3 Å². The minimum atomic E-state index is -4.73. The van der Waals surface area contributed by atoms with Crippen LogP contribution in [0.5, 0.6) is 0 Å². The number of nitrogens with zero attached hydrogens (tertiary/aromatic N) is 3. The van der Waals surface area contributed by atoms with E-state index in [0.717, 1.165) is 35.1 Å². The van der Waals surface area contributed by atoms with E-state index in [-0.39, 0.29) is 17.7 Å². The Hall–Kier alpha value is -4.68. The number of benzene rings is 2. The number of primary amides is 1. The summed E-state index contributed by atoms with van der Waals surface area (Å²) in [6, 6.07) is 8.00. The zero-order valence-corrected chi connectivity index (χ0v) is 22.3. The van der Waals surface area contributed by atoms with Crippen molar-refractivity contribution in [2.75, 3.05) is 0 Å². The van der Waals surface area contributed by atoms with Crippen LogP contribution in [0.15, 0.2) is 67.0 Å². The maximum absolute atomic E-state index is 14.2. The van der Waals surface area contributed by atoms with Crippen molar-refractivity contribution in [2.45, 2.75) is 38.5 Å². The van der Waals surface area contributed by atoms with Gasteiger partial charge in [-0.1, -0.05) is 26.0 Å². The quantitative estimate of drug-likeness (QED) is 0.242. The third-order valence-corrected chi connectivity index (χ3v) is 6.47. The molecule has 4 rings (SSSR count). The van der Waals surface area contributed by atoms with Gasteiger partial charge in [0.15, 0.2) is 5.69 Å². The third-order valence-electron chi connectivity index (χ3n) is 6.47. The first-order valence-corrected chi connectivity index (χ1v) is 12.7. The molecule has 42 heavy (non-hydrogen) atoms. The van der Waals surface area contributed by atoms with Gasteiger partial charge in [0.1, 0.15) is 23.5 Å². The maximum Gasteiger partial charge on any atom is 0.435 e. The zero-order chi connectivity index (χ0) is 30.8. The number of hydrogen-bond donors (Lipinski definition) is 2. The van der Waals surface area contributed by atoms with Gasteiger partial charge in [-0.25, -0.2) is 13.2 Å². The highest BCUT2D eigenvalue weighted by atomic mass is 19.4. The number of aromatic nitrogens is 3. The van der Waals surface area contributed by atoms with Crippen LogP contribution in [-0.2, 0) is 17.4 Å². The van der Waals surface area contributed by atoms with E-state index in [2.05, 4.69) is 15.4 Å². The van der Waals surface area contributed by atoms with Gasteiger partial charge in [-0.05, 0) is 59.9 Å². The van der Waals surface area contributed by atoms with Gasteiger partial charge in [0.25, 0.3) is 5.91 Å². The highest BCUT2D eigenvalue weighted by Gasteiger charge is 2.36. The lowest BCUT2D eigenvalue weighted by atomic mass is 9.93. The molecule has 2 atom stereocenters. The lowest BCUT2D eigenvalue weighted by Gasteiger charge is -2.26. The van der Waals surface area contributed by atoms with Gasteiger partial charge >= 0.3 is 6.18 Å². The van der Waals surface area contributed by atoms with Gasteiger partial charge in [-0.3, -0.25) is 19.3 Å². The number of pyridine rings is 1. The predicted molar refractivity (Wildman–Crippen MR) is 140 cm³/mol. The Bertz CT molecular complexity index is 1600. The van der Waals surface area contributed by atoms with Crippen molar-refractivity contribution in [3.63, 3.8) is 0 Å². The van der Waals surface area contributed by atoms with Gasteiger partial charge in [0, 0.05) is 24.0 Å². The van der Waals surface area contributed by atoms with Crippen LogP contribution in [0.2, 0.25) is 0 Å². The van der Waals surface area contributed by atoms with E-state index >= 15 is 0 Å². The van der Waals surface area contributed by atoms with Crippen LogP contribution in [0.25, 0.3) is 11.1 Å². The second-order valence-electron chi connectivity index (χ2n) is 9.91. The number of hydrogen-bond acceptors (Lipinski definition) is 4. The molecule has 3 N–H and O–H groups in total. The van der Waals surface area contributed by atoms with Gasteiger partial charge in [-0.15, -0.1) is 0 Å². The number of nitrogens with two attached hydrogens (primary N) is 1. The Morgan fingerprint density at radius 1 is 1.00 bits per heavy atom. The van der Waals surface area contributed by atoms with Crippen LogP contribution in [0.4, 0.5) is 26.3 Å². The number of carbonyl (C=O) groups is 2. The molecule has 0 spiro atoms. The SMILES string of the molecule is CC(C)C(C(=O)NC(Cc1cc(F)cc(F)c1)c1ncccc1-c1ccc(F)c(C(N)=O)c1)n1ccc(C(F)(F)F)n1. The Balaban J connectivity index is 1.79. The highest BCUT2D eigenvalue weighted by molar-refractivity contribution is 5.94. The molecule has 0 aliphatic carbocycles. The Morgan fingerprint density at radius 2 is 1.69 bits per heavy atom. The van der Waals surface area contributed by atoms with E-state index in [9.17, 15) is 35.9 Å². The minimum absolute atomic E-state index is 0.144. The summed E-state index contributed by atoms with van der Waals surface area (Å²) in [5.74, 6) is -4.87. The van der Waals surface area contributed by atoms with Crippen LogP contribution in [-0.4, -0.2) is 26.6 Å².